The number of aliphatic hydroxyl groups excluding tert-OH is 1. The van der Waals surface area contributed by atoms with Crippen molar-refractivity contribution in [3.63, 3.8) is 0 Å². The molecule has 5 nitrogen and oxygen atoms in total. The van der Waals surface area contributed by atoms with Crippen LogP contribution in [0.4, 0.5) is 5.69 Å². The van der Waals surface area contributed by atoms with Crippen LogP contribution in [0.25, 0.3) is 0 Å². The Morgan fingerprint density at radius 2 is 1.75 bits per heavy atom. The molecule has 128 valence electrons. The highest BCUT2D eigenvalue weighted by atomic mass is 16.6. The van der Waals surface area contributed by atoms with Crippen molar-refractivity contribution in [2.75, 3.05) is 6.54 Å². The van der Waals surface area contributed by atoms with E-state index in [4.69, 9.17) is 0 Å². The second-order valence-corrected chi connectivity index (χ2v) is 6.17. The van der Waals surface area contributed by atoms with E-state index in [-0.39, 0.29) is 28.7 Å². The lowest BCUT2D eigenvalue weighted by Crippen LogP contribution is -2.26. The molecule has 5 heteroatoms. The Balaban J connectivity index is 2.05. The molecular formula is C19H24N2O3. The van der Waals surface area contributed by atoms with E-state index in [9.17, 15) is 15.2 Å². The van der Waals surface area contributed by atoms with Crippen molar-refractivity contribution in [2.24, 2.45) is 0 Å². The van der Waals surface area contributed by atoms with Gasteiger partial charge in [-0.3, -0.25) is 10.1 Å². The standard InChI is InChI=1S/C19H24N2O3/c1-14(22)11-18(16-7-4-3-5-8-16)13-20-15(2)17-9-6-10-19(12-17)21(23)24/h3-10,12,14-15,18,20,22H,11,13H2,1-2H3. The van der Waals surface area contributed by atoms with E-state index in [0.29, 0.717) is 13.0 Å². The molecule has 24 heavy (non-hydrogen) atoms. The number of non-ortho nitro benzene ring substituents is 1. The zero-order chi connectivity index (χ0) is 17.5. The average Bonchev–Trinajstić information content (AvgIpc) is 2.58. The third kappa shape index (κ3) is 5.15. The minimum Gasteiger partial charge on any atom is -0.393 e. The van der Waals surface area contributed by atoms with Gasteiger partial charge in [-0.1, -0.05) is 42.5 Å². The lowest BCUT2D eigenvalue weighted by Gasteiger charge is -2.22. The number of benzene rings is 2. The molecule has 0 saturated carbocycles. The summed E-state index contributed by atoms with van der Waals surface area (Å²) in [7, 11) is 0. The van der Waals surface area contributed by atoms with Crippen LogP contribution in [-0.2, 0) is 0 Å². The van der Waals surface area contributed by atoms with Gasteiger partial charge in [0.1, 0.15) is 0 Å². The number of hydrogen-bond donors (Lipinski definition) is 2. The van der Waals surface area contributed by atoms with Gasteiger partial charge in [-0.05, 0) is 37.3 Å². The predicted octanol–water partition coefficient (Wildman–Crippen LogP) is 3.80. The van der Waals surface area contributed by atoms with Gasteiger partial charge in [-0.2, -0.15) is 0 Å². The Morgan fingerprint density at radius 1 is 1.08 bits per heavy atom. The summed E-state index contributed by atoms with van der Waals surface area (Å²) in [6, 6.07) is 16.8. The summed E-state index contributed by atoms with van der Waals surface area (Å²) in [4.78, 5) is 10.5. The fraction of sp³-hybridized carbons (Fsp3) is 0.368. The highest BCUT2D eigenvalue weighted by Gasteiger charge is 2.16. The molecule has 0 radical (unpaired) electrons. The summed E-state index contributed by atoms with van der Waals surface area (Å²) in [6.07, 6.45) is 0.281. The second kappa shape index (κ2) is 8.57. The lowest BCUT2D eigenvalue weighted by molar-refractivity contribution is -0.384. The van der Waals surface area contributed by atoms with Gasteiger partial charge in [-0.25, -0.2) is 0 Å². The van der Waals surface area contributed by atoms with Crippen molar-refractivity contribution in [1.82, 2.24) is 5.32 Å². The molecule has 0 aliphatic heterocycles. The molecule has 0 bridgehead atoms. The molecule has 3 unspecified atom stereocenters. The molecule has 0 aliphatic rings. The number of nitro groups is 1. The van der Waals surface area contributed by atoms with E-state index < -0.39 is 0 Å². The Labute approximate surface area is 142 Å². The minimum atomic E-state index is -0.384. The van der Waals surface area contributed by atoms with Gasteiger partial charge in [-0.15, -0.1) is 0 Å². The first-order valence-electron chi connectivity index (χ1n) is 8.18. The molecule has 2 rings (SSSR count). The van der Waals surface area contributed by atoms with Crippen molar-refractivity contribution in [3.05, 3.63) is 75.8 Å². The number of nitrogens with zero attached hydrogens (tertiary/aromatic N) is 1. The Morgan fingerprint density at radius 3 is 2.38 bits per heavy atom. The molecule has 0 aromatic heterocycles. The zero-order valence-electron chi connectivity index (χ0n) is 14.1. The van der Waals surface area contributed by atoms with Crippen molar-refractivity contribution < 1.29 is 10.0 Å². The van der Waals surface area contributed by atoms with Crippen LogP contribution in [0.3, 0.4) is 0 Å². The highest BCUT2D eigenvalue weighted by molar-refractivity contribution is 5.35. The predicted molar refractivity (Wildman–Crippen MR) is 95.0 cm³/mol. The van der Waals surface area contributed by atoms with Crippen LogP contribution >= 0.6 is 0 Å². The van der Waals surface area contributed by atoms with E-state index in [1.54, 1.807) is 19.1 Å². The summed E-state index contributed by atoms with van der Waals surface area (Å²) in [5.74, 6) is 0.187. The molecule has 2 aromatic rings. The van der Waals surface area contributed by atoms with Gasteiger partial charge in [0.2, 0.25) is 0 Å². The quantitative estimate of drug-likeness (QED) is 0.571. The normalized spacial score (nSPS) is 14.8. The first-order valence-corrected chi connectivity index (χ1v) is 8.18. The molecule has 2 aromatic carbocycles. The summed E-state index contributed by atoms with van der Waals surface area (Å²) in [5.41, 5.74) is 2.16. The van der Waals surface area contributed by atoms with Crippen LogP contribution < -0.4 is 5.32 Å². The van der Waals surface area contributed by atoms with E-state index >= 15 is 0 Å². The number of nitrogens with one attached hydrogen (secondary N) is 1. The SMILES string of the molecule is CC(O)CC(CNC(C)c1cccc([N+](=O)[O-])c1)c1ccccc1. The monoisotopic (exact) mass is 328 g/mol. The average molecular weight is 328 g/mol. The minimum absolute atomic E-state index is 0.00916. The molecule has 2 N–H and O–H groups in total. The van der Waals surface area contributed by atoms with Crippen molar-refractivity contribution in [2.45, 2.75) is 38.3 Å². The molecule has 0 heterocycles. The molecule has 0 amide bonds. The Hall–Kier alpha value is -2.24. The third-order valence-corrected chi connectivity index (χ3v) is 4.15. The number of hydrogen-bond acceptors (Lipinski definition) is 4. The smallest absolute Gasteiger partial charge is 0.269 e. The maximum absolute atomic E-state index is 10.9. The summed E-state index contributed by atoms with van der Waals surface area (Å²) in [6.45, 7) is 4.47. The van der Waals surface area contributed by atoms with Crippen LogP contribution in [0.5, 0.6) is 0 Å². The number of aliphatic hydroxyl groups is 1. The van der Waals surface area contributed by atoms with Crippen LogP contribution in [0, 0.1) is 10.1 Å². The molecule has 0 aliphatic carbocycles. The fourth-order valence-electron chi connectivity index (χ4n) is 2.82. The summed E-state index contributed by atoms with van der Waals surface area (Å²) in [5, 5.41) is 24.1. The molecule has 0 spiro atoms. The highest BCUT2D eigenvalue weighted by Crippen LogP contribution is 2.23. The van der Waals surface area contributed by atoms with Gasteiger partial charge in [0.25, 0.3) is 5.69 Å². The topological polar surface area (TPSA) is 75.4 Å². The molecule has 0 fully saturated rings. The maximum atomic E-state index is 10.9. The van der Waals surface area contributed by atoms with Crippen LogP contribution in [-0.4, -0.2) is 22.7 Å². The second-order valence-electron chi connectivity index (χ2n) is 6.17. The van der Waals surface area contributed by atoms with Gasteiger partial charge in [0, 0.05) is 24.7 Å². The largest absolute Gasteiger partial charge is 0.393 e. The van der Waals surface area contributed by atoms with Crippen molar-refractivity contribution in [1.29, 1.82) is 0 Å². The maximum Gasteiger partial charge on any atom is 0.269 e. The van der Waals surface area contributed by atoms with Gasteiger partial charge >= 0.3 is 0 Å². The van der Waals surface area contributed by atoms with E-state index in [2.05, 4.69) is 17.4 Å². The Bertz CT molecular complexity index is 659. The molecular weight excluding hydrogens is 304 g/mol. The third-order valence-electron chi connectivity index (χ3n) is 4.15. The van der Waals surface area contributed by atoms with Crippen molar-refractivity contribution in [3.8, 4) is 0 Å². The zero-order valence-corrected chi connectivity index (χ0v) is 14.1. The number of nitro benzene ring substituents is 1. The van der Waals surface area contributed by atoms with Gasteiger partial charge in [0.05, 0.1) is 11.0 Å². The van der Waals surface area contributed by atoms with E-state index in [1.807, 2.05) is 31.2 Å². The Kier molecular flexibility index (Phi) is 6.46. The van der Waals surface area contributed by atoms with Gasteiger partial charge < -0.3 is 10.4 Å². The van der Waals surface area contributed by atoms with Crippen LogP contribution in [0.2, 0.25) is 0 Å². The lowest BCUT2D eigenvalue weighted by atomic mass is 9.93. The van der Waals surface area contributed by atoms with E-state index in [0.717, 1.165) is 5.56 Å². The van der Waals surface area contributed by atoms with Crippen LogP contribution in [0.15, 0.2) is 54.6 Å². The first kappa shape index (κ1) is 18.1. The molecule has 0 saturated heterocycles. The summed E-state index contributed by atoms with van der Waals surface area (Å²) >= 11 is 0. The van der Waals surface area contributed by atoms with E-state index in [1.165, 1.54) is 11.6 Å². The fourth-order valence-corrected chi connectivity index (χ4v) is 2.82. The van der Waals surface area contributed by atoms with Crippen LogP contribution in [0.1, 0.15) is 43.4 Å². The summed E-state index contributed by atoms with van der Waals surface area (Å²) < 4.78 is 0. The van der Waals surface area contributed by atoms with Crippen molar-refractivity contribution >= 4 is 5.69 Å². The number of rotatable bonds is 8. The first-order chi connectivity index (χ1) is 11.5. The van der Waals surface area contributed by atoms with Gasteiger partial charge in [0.15, 0.2) is 0 Å². The molecule has 3 atom stereocenters.